The summed E-state index contributed by atoms with van der Waals surface area (Å²) in [5.74, 6) is 0.277. The van der Waals surface area contributed by atoms with Crippen molar-refractivity contribution < 1.29 is 28.5 Å². The van der Waals surface area contributed by atoms with Crippen LogP contribution in [0.5, 0.6) is 17.2 Å². The van der Waals surface area contributed by atoms with Crippen molar-refractivity contribution in [2.24, 2.45) is 0 Å². The maximum absolute atomic E-state index is 13.2. The summed E-state index contributed by atoms with van der Waals surface area (Å²) in [5, 5.41) is 3.39. The van der Waals surface area contributed by atoms with Gasteiger partial charge in [-0.15, -0.1) is 11.3 Å². The van der Waals surface area contributed by atoms with Gasteiger partial charge in [-0.3, -0.25) is 9.69 Å². The van der Waals surface area contributed by atoms with Crippen LogP contribution in [0.25, 0.3) is 0 Å². The van der Waals surface area contributed by atoms with E-state index in [1.54, 1.807) is 12.1 Å². The van der Waals surface area contributed by atoms with E-state index < -0.39 is 11.9 Å². The van der Waals surface area contributed by atoms with Crippen LogP contribution < -0.4 is 19.5 Å². The number of amides is 1. The third kappa shape index (κ3) is 5.11. The average molecular weight is 497 g/mol. The van der Waals surface area contributed by atoms with Crippen molar-refractivity contribution in [3.63, 3.8) is 0 Å². The molecule has 3 aromatic rings. The maximum Gasteiger partial charge on any atom is 0.341 e. The molecule has 0 fully saturated rings. The second-order valence-electron chi connectivity index (χ2n) is 8.01. The van der Waals surface area contributed by atoms with Crippen LogP contribution in [0.15, 0.2) is 42.5 Å². The van der Waals surface area contributed by atoms with Gasteiger partial charge in [0.2, 0.25) is 5.75 Å². The number of carbonyl (C=O) groups excluding carboxylic acids is 2. The number of ether oxygens (including phenoxy) is 4. The standard InChI is InChI=1S/C26H28N2O6S/c1-31-19-12-17(13-20(32-2)23(19)33-3)24(29)27-25-22(26(30)34-4)18-10-11-28(15-21(18)35-25)14-16-8-6-5-7-9-16/h5-9,12-13H,10-11,14-15H2,1-4H3,(H,27,29). The first-order chi connectivity index (χ1) is 17.0. The zero-order valence-electron chi connectivity index (χ0n) is 20.2. The minimum absolute atomic E-state index is 0.312. The molecule has 0 spiro atoms. The van der Waals surface area contributed by atoms with E-state index >= 15 is 0 Å². The van der Waals surface area contributed by atoms with E-state index in [-0.39, 0.29) is 0 Å². The van der Waals surface area contributed by atoms with Crippen LogP contribution in [0.4, 0.5) is 5.00 Å². The lowest BCUT2D eigenvalue weighted by molar-refractivity contribution is 0.0600. The predicted molar refractivity (Wildman–Crippen MR) is 134 cm³/mol. The molecular formula is C26H28N2O6S. The number of methoxy groups -OCH3 is 4. The first-order valence-electron chi connectivity index (χ1n) is 11.1. The molecule has 35 heavy (non-hydrogen) atoms. The van der Waals surface area contributed by atoms with Gasteiger partial charge in [0.15, 0.2) is 11.5 Å². The van der Waals surface area contributed by atoms with E-state index in [1.807, 2.05) is 18.2 Å². The van der Waals surface area contributed by atoms with Crippen molar-refractivity contribution in [3.8, 4) is 17.2 Å². The zero-order chi connectivity index (χ0) is 24.9. The highest BCUT2D eigenvalue weighted by Gasteiger charge is 2.30. The van der Waals surface area contributed by atoms with Gasteiger partial charge in [0.1, 0.15) is 5.00 Å². The third-order valence-electron chi connectivity index (χ3n) is 5.93. The molecule has 0 aliphatic carbocycles. The van der Waals surface area contributed by atoms with Gasteiger partial charge in [-0.25, -0.2) is 4.79 Å². The number of anilines is 1. The summed E-state index contributed by atoms with van der Waals surface area (Å²) in [7, 11) is 5.83. The smallest absolute Gasteiger partial charge is 0.341 e. The minimum Gasteiger partial charge on any atom is -0.493 e. The number of carbonyl (C=O) groups is 2. The van der Waals surface area contributed by atoms with E-state index in [0.29, 0.717) is 46.3 Å². The van der Waals surface area contributed by atoms with Crippen LogP contribution in [0.3, 0.4) is 0 Å². The highest BCUT2D eigenvalue weighted by atomic mass is 32.1. The van der Waals surface area contributed by atoms with Gasteiger partial charge < -0.3 is 24.3 Å². The Bertz CT molecular complexity index is 1200. The van der Waals surface area contributed by atoms with Gasteiger partial charge in [0.05, 0.1) is 34.0 Å². The fourth-order valence-electron chi connectivity index (χ4n) is 4.23. The summed E-state index contributed by atoms with van der Waals surface area (Å²) >= 11 is 1.41. The molecule has 0 unspecified atom stereocenters. The van der Waals surface area contributed by atoms with Gasteiger partial charge in [-0.1, -0.05) is 30.3 Å². The van der Waals surface area contributed by atoms with Gasteiger partial charge in [0, 0.05) is 30.1 Å². The molecular weight excluding hydrogens is 468 g/mol. The van der Waals surface area contributed by atoms with Crippen LogP contribution in [0.1, 0.15) is 36.7 Å². The van der Waals surface area contributed by atoms with E-state index in [2.05, 4.69) is 22.3 Å². The molecule has 4 rings (SSSR count). The molecule has 1 aromatic heterocycles. The molecule has 1 N–H and O–H groups in total. The van der Waals surface area contributed by atoms with Crippen molar-refractivity contribution in [2.45, 2.75) is 19.5 Å². The Morgan fingerprint density at radius 2 is 1.69 bits per heavy atom. The van der Waals surface area contributed by atoms with Gasteiger partial charge in [0.25, 0.3) is 5.91 Å². The summed E-state index contributed by atoms with van der Waals surface area (Å²) in [4.78, 5) is 29.3. The van der Waals surface area contributed by atoms with Crippen molar-refractivity contribution in [2.75, 3.05) is 40.3 Å². The topological polar surface area (TPSA) is 86.3 Å². The van der Waals surface area contributed by atoms with E-state index in [0.717, 1.165) is 23.5 Å². The molecule has 2 aromatic carbocycles. The Balaban J connectivity index is 1.62. The molecule has 0 atom stereocenters. The summed E-state index contributed by atoms with van der Waals surface area (Å²) in [6.45, 7) is 2.32. The second-order valence-corrected chi connectivity index (χ2v) is 9.12. The Kier molecular flexibility index (Phi) is 7.57. The number of rotatable bonds is 8. The molecule has 8 nitrogen and oxygen atoms in total. The fourth-order valence-corrected chi connectivity index (χ4v) is 5.50. The molecule has 1 aliphatic rings. The van der Waals surface area contributed by atoms with Crippen LogP contribution in [0.2, 0.25) is 0 Å². The number of fused-ring (bicyclic) bond motifs is 1. The van der Waals surface area contributed by atoms with Crippen molar-refractivity contribution in [1.82, 2.24) is 4.90 Å². The van der Waals surface area contributed by atoms with E-state index in [1.165, 1.54) is 45.3 Å². The van der Waals surface area contributed by atoms with Crippen molar-refractivity contribution in [3.05, 3.63) is 69.6 Å². The summed E-state index contributed by atoms with van der Waals surface area (Å²) in [5.41, 5.74) is 2.91. The number of benzene rings is 2. The molecule has 0 saturated heterocycles. The monoisotopic (exact) mass is 496 g/mol. The normalized spacial score (nSPS) is 13.0. The Hall–Kier alpha value is -3.56. The van der Waals surface area contributed by atoms with E-state index in [4.69, 9.17) is 18.9 Å². The van der Waals surface area contributed by atoms with Crippen molar-refractivity contribution >= 4 is 28.2 Å². The number of hydrogen-bond acceptors (Lipinski definition) is 8. The molecule has 9 heteroatoms. The van der Waals surface area contributed by atoms with Crippen LogP contribution in [-0.2, 0) is 24.2 Å². The lowest BCUT2D eigenvalue weighted by Crippen LogP contribution is -2.29. The van der Waals surface area contributed by atoms with Crippen LogP contribution in [0, 0.1) is 0 Å². The number of nitrogens with zero attached hydrogens (tertiary/aromatic N) is 1. The number of hydrogen-bond donors (Lipinski definition) is 1. The lowest BCUT2D eigenvalue weighted by Gasteiger charge is -2.27. The quantitative estimate of drug-likeness (QED) is 0.464. The first kappa shape index (κ1) is 24.6. The molecule has 0 radical (unpaired) electrons. The van der Waals surface area contributed by atoms with E-state index in [9.17, 15) is 9.59 Å². The molecule has 1 aliphatic heterocycles. The fraction of sp³-hybridized carbons (Fsp3) is 0.308. The predicted octanol–water partition coefficient (Wildman–Crippen LogP) is 4.37. The minimum atomic E-state index is -0.459. The number of thiophene rings is 1. The molecule has 1 amide bonds. The van der Waals surface area contributed by atoms with Crippen molar-refractivity contribution in [1.29, 1.82) is 0 Å². The first-order valence-corrected chi connectivity index (χ1v) is 11.9. The highest BCUT2D eigenvalue weighted by molar-refractivity contribution is 7.17. The van der Waals surface area contributed by atoms with Gasteiger partial charge in [-0.2, -0.15) is 0 Å². The molecule has 0 bridgehead atoms. The van der Waals surface area contributed by atoms with Crippen LogP contribution >= 0.6 is 11.3 Å². The summed E-state index contributed by atoms with van der Waals surface area (Å²) < 4.78 is 21.1. The van der Waals surface area contributed by atoms with Crippen LogP contribution in [-0.4, -0.2) is 51.8 Å². The lowest BCUT2D eigenvalue weighted by atomic mass is 10.0. The summed E-state index contributed by atoms with van der Waals surface area (Å²) in [6.07, 6.45) is 0.698. The molecule has 0 saturated carbocycles. The second kappa shape index (κ2) is 10.8. The largest absolute Gasteiger partial charge is 0.493 e. The Morgan fingerprint density at radius 3 is 2.29 bits per heavy atom. The highest BCUT2D eigenvalue weighted by Crippen LogP contribution is 2.40. The summed E-state index contributed by atoms with van der Waals surface area (Å²) in [6, 6.07) is 13.4. The number of nitrogens with one attached hydrogen (secondary N) is 1. The maximum atomic E-state index is 13.2. The average Bonchev–Trinajstić information content (AvgIpc) is 3.24. The third-order valence-corrected chi connectivity index (χ3v) is 7.06. The Morgan fingerprint density at radius 1 is 1.00 bits per heavy atom. The molecule has 2 heterocycles. The van der Waals surface area contributed by atoms with Gasteiger partial charge in [-0.05, 0) is 29.7 Å². The number of esters is 1. The van der Waals surface area contributed by atoms with Gasteiger partial charge >= 0.3 is 5.97 Å². The SMILES string of the molecule is COC(=O)c1c(NC(=O)c2cc(OC)c(OC)c(OC)c2)sc2c1CCN(Cc1ccccc1)C2. The zero-order valence-corrected chi connectivity index (χ0v) is 21.0. The Labute approximate surface area is 208 Å². The molecule has 184 valence electrons.